The van der Waals surface area contributed by atoms with Gasteiger partial charge in [0.2, 0.25) is 0 Å². The fraction of sp³-hybridized carbons (Fsp3) is 0.579. The highest BCUT2D eigenvalue weighted by atomic mass is 16.5. The molecule has 1 heterocycles. The number of carboxylic acid groups (broad SMARTS) is 1. The molecule has 7 nitrogen and oxygen atoms in total. The number of carbonyl (C=O) groups excluding carboxylic acids is 1. The summed E-state index contributed by atoms with van der Waals surface area (Å²) in [5, 5.41) is 12.3. The minimum atomic E-state index is -0.932. The van der Waals surface area contributed by atoms with Crippen LogP contribution in [0.5, 0.6) is 0 Å². The summed E-state index contributed by atoms with van der Waals surface area (Å²) >= 11 is 0. The van der Waals surface area contributed by atoms with Crippen molar-refractivity contribution in [2.24, 2.45) is 0 Å². The van der Waals surface area contributed by atoms with Crippen LogP contribution >= 0.6 is 0 Å². The van der Waals surface area contributed by atoms with Crippen molar-refractivity contribution < 1.29 is 19.4 Å². The van der Waals surface area contributed by atoms with Gasteiger partial charge in [0.05, 0.1) is 6.67 Å². The molecule has 0 spiro atoms. The van der Waals surface area contributed by atoms with Crippen molar-refractivity contribution in [3.63, 3.8) is 0 Å². The maximum atomic E-state index is 11.9. The monoisotopic (exact) mass is 363 g/mol. The molecule has 26 heavy (non-hydrogen) atoms. The SMILES string of the molecule is CC(C)(C)N(CN1CCC[C@@H]1CNC(=O)OCc1ccccc1)C(=O)O. The number of amides is 2. The van der Waals surface area contributed by atoms with Crippen LogP contribution < -0.4 is 5.32 Å². The molecule has 2 amide bonds. The molecule has 1 saturated heterocycles. The molecule has 1 aliphatic rings. The molecule has 0 aliphatic carbocycles. The van der Waals surface area contributed by atoms with Gasteiger partial charge in [-0.25, -0.2) is 9.59 Å². The number of carbonyl (C=O) groups is 2. The highest BCUT2D eigenvalue weighted by Gasteiger charge is 2.32. The van der Waals surface area contributed by atoms with E-state index in [9.17, 15) is 14.7 Å². The topological polar surface area (TPSA) is 82.1 Å². The van der Waals surface area contributed by atoms with Crippen molar-refractivity contribution in [2.45, 2.75) is 51.8 Å². The second kappa shape index (κ2) is 8.89. The lowest BCUT2D eigenvalue weighted by Crippen LogP contribution is -2.53. The lowest BCUT2D eigenvalue weighted by Gasteiger charge is -2.38. The largest absolute Gasteiger partial charge is 0.465 e. The molecular weight excluding hydrogens is 334 g/mol. The van der Waals surface area contributed by atoms with Crippen molar-refractivity contribution in [3.8, 4) is 0 Å². The molecule has 0 unspecified atom stereocenters. The average molecular weight is 363 g/mol. The first kappa shape index (κ1) is 20.0. The Hall–Kier alpha value is -2.28. The lowest BCUT2D eigenvalue weighted by atomic mass is 10.1. The Morgan fingerprint density at radius 3 is 2.62 bits per heavy atom. The van der Waals surface area contributed by atoms with Gasteiger partial charge >= 0.3 is 12.2 Å². The van der Waals surface area contributed by atoms with Gasteiger partial charge in [-0.15, -0.1) is 0 Å². The summed E-state index contributed by atoms with van der Waals surface area (Å²) in [7, 11) is 0. The van der Waals surface area contributed by atoms with Crippen LogP contribution in [0.2, 0.25) is 0 Å². The molecule has 0 aromatic heterocycles. The van der Waals surface area contributed by atoms with Crippen molar-refractivity contribution in [2.75, 3.05) is 19.8 Å². The van der Waals surface area contributed by atoms with E-state index < -0.39 is 17.7 Å². The Morgan fingerprint density at radius 1 is 1.31 bits per heavy atom. The first-order valence-corrected chi connectivity index (χ1v) is 8.96. The second-order valence-corrected chi connectivity index (χ2v) is 7.57. The number of nitrogens with zero attached hydrogens (tertiary/aromatic N) is 2. The molecular formula is C19H29N3O4. The smallest absolute Gasteiger partial charge is 0.408 e. The third kappa shape index (κ3) is 5.91. The van der Waals surface area contributed by atoms with Gasteiger partial charge in [0, 0.05) is 24.7 Å². The van der Waals surface area contributed by atoms with E-state index in [0.29, 0.717) is 13.2 Å². The van der Waals surface area contributed by atoms with Crippen LogP contribution in [-0.4, -0.2) is 58.4 Å². The van der Waals surface area contributed by atoms with Crippen molar-refractivity contribution in [1.29, 1.82) is 0 Å². The van der Waals surface area contributed by atoms with E-state index in [2.05, 4.69) is 10.2 Å². The Morgan fingerprint density at radius 2 is 2.00 bits per heavy atom. The molecule has 0 radical (unpaired) electrons. The van der Waals surface area contributed by atoms with Gasteiger partial charge in [0.15, 0.2) is 0 Å². The van der Waals surface area contributed by atoms with E-state index in [4.69, 9.17) is 4.74 Å². The number of likely N-dealkylation sites (tertiary alicyclic amines) is 1. The molecule has 0 bridgehead atoms. The average Bonchev–Trinajstić information content (AvgIpc) is 3.03. The van der Waals surface area contributed by atoms with Gasteiger partial charge in [0.1, 0.15) is 6.61 Å². The quantitative estimate of drug-likeness (QED) is 0.811. The Balaban J connectivity index is 1.80. The summed E-state index contributed by atoms with van der Waals surface area (Å²) in [6.07, 6.45) is 0.532. The number of hydrogen-bond acceptors (Lipinski definition) is 4. The molecule has 1 aromatic rings. The highest BCUT2D eigenvalue weighted by Crippen LogP contribution is 2.21. The molecule has 2 N–H and O–H groups in total. The number of hydrogen-bond donors (Lipinski definition) is 2. The maximum absolute atomic E-state index is 11.9. The minimum absolute atomic E-state index is 0.114. The third-order valence-electron chi connectivity index (χ3n) is 4.56. The van der Waals surface area contributed by atoms with Crippen LogP contribution in [0.1, 0.15) is 39.2 Å². The van der Waals surface area contributed by atoms with E-state index >= 15 is 0 Å². The molecule has 0 saturated carbocycles. The van der Waals surface area contributed by atoms with Gasteiger partial charge < -0.3 is 15.2 Å². The highest BCUT2D eigenvalue weighted by molar-refractivity contribution is 5.67. The summed E-state index contributed by atoms with van der Waals surface area (Å²) in [5.41, 5.74) is 0.466. The zero-order valence-electron chi connectivity index (χ0n) is 15.8. The summed E-state index contributed by atoms with van der Waals surface area (Å²) in [4.78, 5) is 27.0. The van der Waals surface area contributed by atoms with Crippen molar-refractivity contribution >= 4 is 12.2 Å². The fourth-order valence-electron chi connectivity index (χ4n) is 3.03. The molecule has 1 aromatic carbocycles. The number of alkyl carbamates (subject to hydrolysis) is 1. The van der Waals surface area contributed by atoms with Gasteiger partial charge in [-0.2, -0.15) is 0 Å². The van der Waals surface area contributed by atoms with E-state index in [0.717, 1.165) is 24.9 Å². The van der Waals surface area contributed by atoms with E-state index in [1.54, 1.807) is 0 Å². The lowest BCUT2D eigenvalue weighted by molar-refractivity contribution is 0.0492. The van der Waals surface area contributed by atoms with E-state index in [1.165, 1.54) is 4.90 Å². The number of ether oxygens (including phenoxy) is 1. The van der Waals surface area contributed by atoms with Crippen LogP contribution in [0.25, 0.3) is 0 Å². The summed E-state index contributed by atoms with van der Waals surface area (Å²) in [5.74, 6) is 0. The third-order valence-corrected chi connectivity index (χ3v) is 4.56. The van der Waals surface area contributed by atoms with Crippen LogP contribution in [-0.2, 0) is 11.3 Å². The van der Waals surface area contributed by atoms with Crippen LogP contribution in [0, 0.1) is 0 Å². The number of rotatable bonds is 6. The summed E-state index contributed by atoms with van der Waals surface area (Å²) in [6, 6.07) is 9.63. The molecule has 1 aliphatic heterocycles. The molecule has 1 fully saturated rings. The Bertz CT molecular complexity index is 601. The van der Waals surface area contributed by atoms with Crippen LogP contribution in [0.4, 0.5) is 9.59 Å². The van der Waals surface area contributed by atoms with Crippen LogP contribution in [0.15, 0.2) is 30.3 Å². The fourth-order valence-corrected chi connectivity index (χ4v) is 3.03. The maximum Gasteiger partial charge on any atom is 0.408 e. The summed E-state index contributed by atoms with van der Waals surface area (Å²) < 4.78 is 5.22. The predicted molar refractivity (Wildman–Crippen MR) is 98.8 cm³/mol. The summed E-state index contributed by atoms with van der Waals surface area (Å²) in [6.45, 7) is 7.49. The van der Waals surface area contributed by atoms with Gasteiger partial charge in [-0.1, -0.05) is 30.3 Å². The normalized spacial score (nSPS) is 17.7. The molecule has 7 heteroatoms. The molecule has 2 rings (SSSR count). The van der Waals surface area contributed by atoms with Gasteiger partial charge in [-0.05, 0) is 39.2 Å². The van der Waals surface area contributed by atoms with Crippen molar-refractivity contribution in [3.05, 3.63) is 35.9 Å². The van der Waals surface area contributed by atoms with Crippen LogP contribution in [0.3, 0.4) is 0 Å². The predicted octanol–water partition coefficient (Wildman–Crippen LogP) is 3.11. The first-order valence-electron chi connectivity index (χ1n) is 8.96. The van der Waals surface area contributed by atoms with Gasteiger partial charge in [-0.3, -0.25) is 9.80 Å². The zero-order chi connectivity index (χ0) is 19.2. The number of benzene rings is 1. The Kier molecular flexibility index (Phi) is 6.85. The second-order valence-electron chi connectivity index (χ2n) is 7.57. The first-order chi connectivity index (χ1) is 12.3. The molecule has 144 valence electrons. The minimum Gasteiger partial charge on any atom is -0.465 e. The standard InChI is InChI=1S/C19H29N3O4/c1-19(2,3)22(18(24)25)14-21-11-7-10-16(21)12-20-17(23)26-13-15-8-5-4-6-9-15/h4-6,8-9,16H,7,10-14H2,1-3H3,(H,20,23)(H,24,25)/t16-/m1/s1. The van der Waals surface area contributed by atoms with E-state index in [-0.39, 0.29) is 12.6 Å². The van der Waals surface area contributed by atoms with Crippen molar-refractivity contribution in [1.82, 2.24) is 15.1 Å². The molecule has 1 atom stereocenters. The Labute approximate surface area is 154 Å². The zero-order valence-corrected chi connectivity index (χ0v) is 15.8. The van der Waals surface area contributed by atoms with Gasteiger partial charge in [0.25, 0.3) is 0 Å². The van der Waals surface area contributed by atoms with E-state index in [1.807, 2.05) is 51.1 Å². The number of nitrogens with one attached hydrogen (secondary N) is 1.